The maximum absolute atomic E-state index is 11.9. The van der Waals surface area contributed by atoms with Crippen molar-refractivity contribution in [1.82, 2.24) is 0 Å². The number of hydrogen-bond donors (Lipinski definition) is 0. The lowest BCUT2D eigenvalue weighted by Gasteiger charge is -2.28. The molecule has 0 heterocycles. The molecular formula is C30H30O2P+. The standard InChI is InChI=1S/C30H30O2P/c1-2-3-21-32-30-20-19-25(22-26(30)23-31)24-33(27-13-7-4-8-14-27,28-15-9-5-10-16-28)29-17-11-6-12-18-29/h4-20,22-23H,2-3,21,24H2,1H3/q+1. The van der Waals surface area contributed by atoms with Crippen LogP contribution >= 0.6 is 7.26 Å². The van der Waals surface area contributed by atoms with Crippen LogP contribution in [0, 0.1) is 0 Å². The molecule has 0 radical (unpaired) electrons. The van der Waals surface area contributed by atoms with Crippen LogP contribution < -0.4 is 20.7 Å². The van der Waals surface area contributed by atoms with Gasteiger partial charge >= 0.3 is 0 Å². The predicted octanol–water partition coefficient (Wildman–Crippen LogP) is 6.17. The second-order valence-electron chi connectivity index (χ2n) is 8.17. The molecule has 0 aliphatic carbocycles. The van der Waals surface area contributed by atoms with Crippen LogP contribution in [0.4, 0.5) is 0 Å². The summed E-state index contributed by atoms with van der Waals surface area (Å²) in [5.74, 6) is 0.672. The first kappa shape index (κ1) is 23.0. The fourth-order valence-corrected chi connectivity index (χ4v) is 8.52. The van der Waals surface area contributed by atoms with Crippen LogP contribution in [0.15, 0.2) is 109 Å². The van der Waals surface area contributed by atoms with Crippen LogP contribution in [0.5, 0.6) is 5.75 Å². The summed E-state index contributed by atoms with van der Waals surface area (Å²) < 4.78 is 5.89. The second-order valence-corrected chi connectivity index (χ2v) is 11.7. The minimum atomic E-state index is -2.00. The molecule has 0 atom stereocenters. The van der Waals surface area contributed by atoms with Crippen LogP contribution in [-0.2, 0) is 6.16 Å². The molecule has 4 rings (SSSR count). The summed E-state index contributed by atoms with van der Waals surface area (Å²) in [6.45, 7) is 2.76. The Labute approximate surface area is 197 Å². The number of rotatable bonds is 10. The van der Waals surface area contributed by atoms with Crippen molar-refractivity contribution in [3.8, 4) is 5.75 Å². The molecule has 0 amide bonds. The summed E-state index contributed by atoms with van der Waals surface area (Å²) in [5.41, 5.74) is 1.76. The van der Waals surface area contributed by atoms with E-state index in [1.54, 1.807) is 0 Å². The Morgan fingerprint density at radius 3 is 1.70 bits per heavy atom. The highest BCUT2D eigenvalue weighted by Crippen LogP contribution is 2.58. The highest BCUT2D eigenvalue weighted by molar-refractivity contribution is 7.95. The third-order valence-electron chi connectivity index (χ3n) is 5.97. The highest BCUT2D eigenvalue weighted by Gasteiger charge is 2.45. The van der Waals surface area contributed by atoms with Gasteiger partial charge in [-0.3, -0.25) is 4.79 Å². The molecule has 0 aromatic heterocycles. The Balaban J connectivity index is 1.85. The van der Waals surface area contributed by atoms with Gasteiger partial charge in [0.1, 0.15) is 28.9 Å². The van der Waals surface area contributed by atoms with Gasteiger partial charge in [0, 0.05) is 0 Å². The molecular weight excluding hydrogens is 423 g/mol. The lowest BCUT2D eigenvalue weighted by Crippen LogP contribution is -2.32. The monoisotopic (exact) mass is 453 g/mol. The minimum absolute atomic E-state index is 0.621. The van der Waals surface area contributed by atoms with Crippen molar-refractivity contribution in [3.63, 3.8) is 0 Å². The second kappa shape index (κ2) is 11.1. The van der Waals surface area contributed by atoms with Gasteiger partial charge in [0.15, 0.2) is 6.29 Å². The van der Waals surface area contributed by atoms with Gasteiger partial charge in [-0.15, -0.1) is 0 Å². The molecule has 0 N–H and O–H groups in total. The molecule has 0 aliphatic rings. The molecule has 0 bridgehead atoms. The predicted molar refractivity (Wildman–Crippen MR) is 141 cm³/mol. The Morgan fingerprint density at radius 1 is 0.727 bits per heavy atom. The number of aldehydes is 1. The normalized spacial score (nSPS) is 11.2. The van der Waals surface area contributed by atoms with E-state index in [-0.39, 0.29) is 0 Å². The summed E-state index contributed by atoms with van der Waals surface area (Å²) >= 11 is 0. The molecule has 4 aromatic carbocycles. The average Bonchev–Trinajstić information content (AvgIpc) is 2.89. The van der Waals surface area contributed by atoms with Gasteiger partial charge in [0.2, 0.25) is 0 Å². The van der Waals surface area contributed by atoms with Crippen molar-refractivity contribution in [2.75, 3.05) is 6.61 Å². The zero-order valence-electron chi connectivity index (χ0n) is 19.1. The zero-order valence-corrected chi connectivity index (χ0v) is 20.0. The first-order valence-corrected chi connectivity index (χ1v) is 13.5. The smallest absolute Gasteiger partial charge is 0.153 e. The van der Waals surface area contributed by atoms with E-state index in [0.29, 0.717) is 17.9 Å². The molecule has 0 unspecified atom stereocenters. The van der Waals surface area contributed by atoms with Crippen molar-refractivity contribution in [2.24, 2.45) is 0 Å². The maximum atomic E-state index is 11.9. The van der Waals surface area contributed by atoms with E-state index < -0.39 is 7.26 Å². The van der Waals surface area contributed by atoms with Gasteiger partial charge in [-0.1, -0.05) is 74.0 Å². The summed E-state index contributed by atoms with van der Waals surface area (Å²) in [6, 6.07) is 38.5. The van der Waals surface area contributed by atoms with E-state index in [1.807, 2.05) is 12.1 Å². The Morgan fingerprint density at radius 2 is 1.24 bits per heavy atom. The first-order chi connectivity index (χ1) is 16.3. The van der Waals surface area contributed by atoms with Crippen LogP contribution in [0.2, 0.25) is 0 Å². The number of benzene rings is 4. The van der Waals surface area contributed by atoms with E-state index >= 15 is 0 Å². The van der Waals surface area contributed by atoms with Crippen LogP contribution in [0.25, 0.3) is 0 Å². The molecule has 166 valence electrons. The average molecular weight is 454 g/mol. The van der Waals surface area contributed by atoms with Gasteiger partial charge in [-0.05, 0) is 60.5 Å². The number of carbonyl (C=O) groups is 1. The third-order valence-corrected chi connectivity index (χ3v) is 10.3. The van der Waals surface area contributed by atoms with Crippen LogP contribution in [-0.4, -0.2) is 12.9 Å². The number of carbonyl (C=O) groups excluding carboxylic acids is 1. The van der Waals surface area contributed by atoms with Crippen molar-refractivity contribution in [1.29, 1.82) is 0 Å². The molecule has 33 heavy (non-hydrogen) atoms. The Kier molecular flexibility index (Phi) is 7.70. The van der Waals surface area contributed by atoms with E-state index in [0.717, 1.165) is 30.9 Å². The SMILES string of the molecule is CCCCOc1ccc(C[P+](c2ccccc2)(c2ccccc2)c2ccccc2)cc1C=O. The maximum Gasteiger partial charge on any atom is 0.153 e. The highest BCUT2D eigenvalue weighted by atomic mass is 31.2. The summed E-state index contributed by atoms with van der Waals surface area (Å²) in [5, 5.41) is 4.00. The zero-order chi connectivity index (χ0) is 22.9. The van der Waals surface area contributed by atoms with Gasteiger partial charge in [0.25, 0.3) is 0 Å². The molecule has 4 aromatic rings. The molecule has 0 saturated heterocycles. The molecule has 3 heteroatoms. The van der Waals surface area contributed by atoms with E-state index in [9.17, 15) is 4.79 Å². The van der Waals surface area contributed by atoms with Crippen LogP contribution in [0.3, 0.4) is 0 Å². The van der Waals surface area contributed by atoms with Crippen molar-refractivity contribution >= 4 is 29.5 Å². The molecule has 0 fully saturated rings. The molecule has 2 nitrogen and oxygen atoms in total. The van der Waals surface area contributed by atoms with Crippen LogP contribution in [0.1, 0.15) is 35.7 Å². The fourth-order valence-electron chi connectivity index (χ4n) is 4.29. The van der Waals surface area contributed by atoms with Gasteiger partial charge in [-0.25, -0.2) is 0 Å². The van der Waals surface area contributed by atoms with E-state index in [2.05, 4.69) is 104 Å². The Bertz CT molecular complexity index is 1060. The lowest BCUT2D eigenvalue weighted by atomic mass is 10.1. The topological polar surface area (TPSA) is 26.3 Å². The van der Waals surface area contributed by atoms with Crippen molar-refractivity contribution in [2.45, 2.75) is 25.9 Å². The Hall–Kier alpha value is -3.22. The van der Waals surface area contributed by atoms with E-state index in [1.165, 1.54) is 15.9 Å². The fraction of sp³-hybridized carbons (Fsp3) is 0.167. The summed E-state index contributed by atoms with van der Waals surface area (Å²) in [4.78, 5) is 11.9. The summed E-state index contributed by atoms with van der Waals surface area (Å²) in [6.07, 6.45) is 3.79. The van der Waals surface area contributed by atoms with Gasteiger partial charge < -0.3 is 4.74 Å². The third kappa shape index (κ3) is 5.07. The van der Waals surface area contributed by atoms with Gasteiger partial charge in [0.05, 0.1) is 18.3 Å². The molecule has 0 saturated carbocycles. The van der Waals surface area contributed by atoms with Crippen molar-refractivity contribution in [3.05, 3.63) is 120 Å². The van der Waals surface area contributed by atoms with Gasteiger partial charge in [-0.2, -0.15) is 0 Å². The summed E-state index contributed by atoms with van der Waals surface area (Å²) in [7, 11) is -2.00. The largest absolute Gasteiger partial charge is 0.493 e. The first-order valence-electron chi connectivity index (χ1n) is 11.5. The number of hydrogen-bond acceptors (Lipinski definition) is 2. The molecule has 0 spiro atoms. The number of unbranched alkanes of at least 4 members (excludes halogenated alkanes) is 1. The molecule has 0 aliphatic heterocycles. The van der Waals surface area contributed by atoms with E-state index in [4.69, 9.17) is 4.74 Å². The quantitative estimate of drug-likeness (QED) is 0.163. The lowest BCUT2D eigenvalue weighted by molar-refractivity contribution is 0.111. The number of ether oxygens (including phenoxy) is 1. The minimum Gasteiger partial charge on any atom is -0.493 e. The van der Waals surface area contributed by atoms with Crippen molar-refractivity contribution < 1.29 is 9.53 Å².